The Balaban J connectivity index is 1.49. The van der Waals surface area contributed by atoms with Crippen molar-refractivity contribution in [1.82, 2.24) is 30.3 Å². The molecule has 4 aromatic rings. The molecular weight excluding hydrogens is 376 g/mol. The van der Waals surface area contributed by atoms with E-state index in [1.165, 1.54) is 17.3 Å². The second kappa shape index (κ2) is 7.81. The normalized spacial score (nSPS) is 11.0. The van der Waals surface area contributed by atoms with Gasteiger partial charge in [-0.15, -0.1) is 5.10 Å². The van der Waals surface area contributed by atoms with Gasteiger partial charge in [-0.3, -0.25) is 0 Å². The first kappa shape index (κ1) is 18.2. The third-order valence-electron chi connectivity index (χ3n) is 4.16. The van der Waals surface area contributed by atoms with Crippen molar-refractivity contribution >= 4 is 11.8 Å². The summed E-state index contributed by atoms with van der Waals surface area (Å²) in [5, 5.41) is 16.7. The zero-order valence-corrected chi connectivity index (χ0v) is 16.5. The van der Waals surface area contributed by atoms with Gasteiger partial charge in [-0.05, 0) is 60.2 Å². The largest absolute Gasteiger partial charge is 0.497 e. The van der Waals surface area contributed by atoms with Crippen LogP contribution in [0.5, 0.6) is 5.75 Å². The number of hydrogen-bond acceptors (Lipinski definition) is 8. The van der Waals surface area contributed by atoms with E-state index in [-0.39, 0.29) is 0 Å². The van der Waals surface area contributed by atoms with Gasteiger partial charge in [0.05, 0.1) is 18.6 Å². The van der Waals surface area contributed by atoms with Crippen molar-refractivity contribution in [1.29, 1.82) is 0 Å². The number of tetrazole rings is 1. The van der Waals surface area contributed by atoms with Gasteiger partial charge in [0.1, 0.15) is 5.75 Å². The van der Waals surface area contributed by atoms with Crippen LogP contribution in [0.15, 0.2) is 52.1 Å². The smallest absolute Gasteiger partial charge is 0.237 e. The van der Waals surface area contributed by atoms with Gasteiger partial charge in [-0.2, -0.15) is 9.67 Å². The Labute approximate surface area is 165 Å². The van der Waals surface area contributed by atoms with E-state index in [0.29, 0.717) is 22.6 Å². The fraction of sp³-hybridized carbons (Fsp3) is 0.211. The monoisotopic (exact) mass is 394 g/mol. The molecule has 0 unspecified atom stereocenters. The molecule has 0 atom stereocenters. The number of hydrogen-bond donors (Lipinski definition) is 0. The summed E-state index contributed by atoms with van der Waals surface area (Å²) in [5.41, 5.74) is 4.11. The molecule has 142 valence electrons. The highest BCUT2D eigenvalue weighted by Crippen LogP contribution is 2.25. The van der Waals surface area contributed by atoms with E-state index in [1.54, 1.807) is 11.8 Å². The first-order valence-electron chi connectivity index (χ1n) is 8.60. The van der Waals surface area contributed by atoms with Gasteiger partial charge in [0.25, 0.3) is 0 Å². The fourth-order valence-corrected chi connectivity index (χ4v) is 3.48. The van der Waals surface area contributed by atoms with E-state index in [1.807, 2.05) is 43.3 Å². The van der Waals surface area contributed by atoms with E-state index in [2.05, 4.69) is 38.7 Å². The van der Waals surface area contributed by atoms with Crippen molar-refractivity contribution in [2.45, 2.75) is 24.8 Å². The lowest BCUT2D eigenvalue weighted by Gasteiger charge is -2.07. The second-order valence-electron chi connectivity index (χ2n) is 6.19. The molecule has 28 heavy (non-hydrogen) atoms. The van der Waals surface area contributed by atoms with Crippen molar-refractivity contribution in [3.8, 4) is 22.8 Å². The summed E-state index contributed by atoms with van der Waals surface area (Å²) in [6, 6.07) is 13.7. The molecular formula is C19H18N6O2S. The highest BCUT2D eigenvalue weighted by molar-refractivity contribution is 7.98. The van der Waals surface area contributed by atoms with Crippen LogP contribution in [-0.4, -0.2) is 37.5 Å². The van der Waals surface area contributed by atoms with Crippen molar-refractivity contribution in [3.63, 3.8) is 0 Å². The van der Waals surface area contributed by atoms with Gasteiger partial charge in [-0.25, -0.2) is 0 Å². The molecule has 0 spiro atoms. The van der Waals surface area contributed by atoms with E-state index in [4.69, 9.17) is 9.26 Å². The van der Waals surface area contributed by atoms with Crippen LogP contribution in [0, 0.1) is 13.8 Å². The average Bonchev–Trinajstić information content (AvgIpc) is 3.36. The van der Waals surface area contributed by atoms with Crippen molar-refractivity contribution < 1.29 is 9.26 Å². The molecule has 9 heteroatoms. The van der Waals surface area contributed by atoms with Gasteiger partial charge in [0.15, 0.2) is 0 Å². The average molecular weight is 394 g/mol. The number of methoxy groups -OCH3 is 1. The SMILES string of the molecule is COc1ccc(-c2noc(CSc3nnnn3-c3ccc(C)cc3C)n2)cc1. The zero-order chi connectivity index (χ0) is 19.5. The molecule has 8 nitrogen and oxygen atoms in total. The summed E-state index contributed by atoms with van der Waals surface area (Å²) >= 11 is 1.44. The number of nitrogens with zero attached hydrogens (tertiary/aromatic N) is 6. The first-order chi connectivity index (χ1) is 13.6. The number of aromatic nitrogens is 6. The first-order valence-corrected chi connectivity index (χ1v) is 9.58. The maximum atomic E-state index is 5.37. The lowest BCUT2D eigenvalue weighted by Crippen LogP contribution is -2.02. The van der Waals surface area contributed by atoms with Crippen LogP contribution in [0.1, 0.15) is 17.0 Å². The van der Waals surface area contributed by atoms with Crippen LogP contribution in [0.4, 0.5) is 0 Å². The number of rotatable bonds is 6. The summed E-state index contributed by atoms with van der Waals surface area (Å²) in [6.45, 7) is 4.10. The van der Waals surface area contributed by atoms with Crippen LogP contribution in [0.3, 0.4) is 0 Å². The Morgan fingerprint density at radius 1 is 1.11 bits per heavy atom. The van der Waals surface area contributed by atoms with Gasteiger partial charge < -0.3 is 9.26 Å². The Kier molecular flexibility index (Phi) is 5.07. The van der Waals surface area contributed by atoms with E-state index in [0.717, 1.165) is 22.6 Å². The number of aryl methyl sites for hydroxylation is 2. The maximum Gasteiger partial charge on any atom is 0.237 e. The van der Waals surface area contributed by atoms with Crippen LogP contribution in [0.25, 0.3) is 17.1 Å². The molecule has 0 bridgehead atoms. The van der Waals surface area contributed by atoms with Gasteiger partial charge in [-0.1, -0.05) is 34.6 Å². The third kappa shape index (κ3) is 3.74. The van der Waals surface area contributed by atoms with E-state index in [9.17, 15) is 0 Å². The topological polar surface area (TPSA) is 91.8 Å². The van der Waals surface area contributed by atoms with E-state index >= 15 is 0 Å². The predicted octanol–water partition coefficient (Wildman–Crippen LogP) is 3.63. The van der Waals surface area contributed by atoms with Crippen LogP contribution >= 0.6 is 11.8 Å². The lowest BCUT2D eigenvalue weighted by atomic mass is 10.1. The fourth-order valence-electron chi connectivity index (χ4n) is 2.76. The molecule has 2 aromatic heterocycles. The maximum absolute atomic E-state index is 5.37. The molecule has 0 aliphatic heterocycles. The quantitative estimate of drug-likeness (QED) is 0.458. The Bertz CT molecular complexity index is 1090. The molecule has 0 N–H and O–H groups in total. The van der Waals surface area contributed by atoms with Gasteiger partial charge >= 0.3 is 0 Å². The minimum atomic E-state index is 0.467. The minimum Gasteiger partial charge on any atom is -0.497 e. The minimum absolute atomic E-state index is 0.467. The summed E-state index contributed by atoms with van der Waals surface area (Å²) < 4.78 is 12.3. The Morgan fingerprint density at radius 2 is 1.93 bits per heavy atom. The Morgan fingerprint density at radius 3 is 2.68 bits per heavy atom. The van der Waals surface area contributed by atoms with Crippen LogP contribution in [-0.2, 0) is 5.75 Å². The molecule has 0 radical (unpaired) electrons. The molecule has 2 aromatic carbocycles. The van der Waals surface area contributed by atoms with Crippen molar-refractivity contribution in [3.05, 3.63) is 59.5 Å². The van der Waals surface area contributed by atoms with Gasteiger partial charge in [0.2, 0.25) is 16.9 Å². The zero-order valence-electron chi connectivity index (χ0n) is 15.7. The molecule has 4 rings (SSSR count). The van der Waals surface area contributed by atoms with Crippen LogP contribution in [0.2, 0.25) is 0 Å². The Hall–Kier alpha value is -3.20. The summed E-state index contributed by atoms with van der Waals surface area (Å²) in [6.07, 6.45) is 0. The number of thioether (sulfide) groups is 1. The summed E-state index contributed by atoms with van der Waals surface area (Å²) in [4.78, 5) is 4.45. The van der Waals surface area contributed by atoms with Crippen molar-refractivity contribution in [2.24, 2.45) is 0 Å². The second-order valence-corrected chi connectivity index (χ2v) is 7.13. The predicted molar refractivity (Wildman–Crippen MR) is 104 cm³/mol. The van der Waals surface area contributed by atoms with E-state index < -0.39 is 0 Å². The van der Waals surface area contributed by atoms with Crippen molar-refractivity contribution in [2.75, 3.05) is 7.11 Å². The number of benzene rings is 2. The number of ether oxygens (including phenoxy) is 1. The summed E-state index contributed by atoms with van der Waals surface area (Å²) in [7, 11) is 1.63. The molecule has 0 aliphatic rings. The standard InChI is InChI=1S/C19H18N6O2S/c1-12-4-9-16(13(2)10-12)25-19(21-23-24-25)28-11-17-20-18(22-27-17)14-5-7-15(26-3)8-6-14/h4-10H,11H2,1-3H3. The molecule has 0 aliphatic carbocycles. The third-order valence-corrected chi connectivity index (χ3v) is 5.07. The molecule has 0 amide bonds. The highest BCUT2D eigenvalue weighted by Gasteiger charge is 2.14. The molecule has 2 heterocycles. The lowest BCUT2D eigenvalue weighted by molar-refractivity contribution is 0.391. The molecule has 0 fully saturated rings. The van der Waals surface area contributed by atoms with Crippen LogP contribution < -0.4 is 4.74 Å². The summed E-state index contributed by atoms with van der Waals surface area (Å²) in [5.74, 6) is 2.29. The molecule has 0 saturated heterocycles. The highest BCUT2D eigenvalue weighted by atomic mass is 32.2. The van der Waals surface area contributed by atoms with Gasteiger partial charge in [0, 0.05) is 5.56 Å². The molecule has 0 saturated carbocycles.